The van der Waals surface area contributed by atoms with Crippen LogP contribution in [0.15, 0.2) is 0 Å². The summed E-state index contributed by atoms with van der Waals surface area (Å²) in [6, 6.07) is 0. The van der Waals surface area contributed by atoms with Crippen molar-refractivity contribution in [3.05, 3.63) is 0 Å². The molecule has 0 aliphatic rings. The molecule has 0 bridgehead atoms. The normalized spacial score (nSPS) is 18.2. The predicted octanol–water partition coefficient (Wildman–Crippen LogP) is 2.82. The van der Waals surface area contributed by atoms with Crippen molar-refractivity contribution in [3.8, 4) is 0 Å². The fraction of sp³-hybridized carbons (Fsp3) is 1.00. The largest absolute Gasteiger partial charge is 0.379 e. The highest BCUT2D eigenvalue weighted by Crippen LogP contribution is 2.18. The van der Waals surface area contributed by atoms with Crippen LogP contribution in [0.4, 0.5) is 0 Å². The third-order valence-electron chi connectivity index (χ3n) is 1.61. The Morgan fingerprint density at radius 3 is 2.54 bits per heavy atom. The highest BCUT2D eigenvalue weighted by atomic mass is 79.9. The summed E-state index contributed by atoms with van der Waals surface area (Å²) in [5, 5.41) is 0.736. The minimum Gasteiger partial charge on any atom is -0.379 e. The van der Waals surface area contributed by atoms with Gasteiger partial charge in [-0.05, 0) is 20.8 Å². The van der Waals surface area contributed by atoms with E-state index in [0.717, 1.165) is 11.9 Å². The van der Waals surface area contributed by atoms with Crippen LogP contribution in [0, 0.1) is 0 Å². The van der Waals surface area contributed by atoms with E-state index in [1.54, 1.807) is 0 Å². The van der Waals surface area contributed by atoms with Crippen molar-refractivity contribution >= 4 is 27.5 Å². The van der Waals surface area contributed by atoms with Crippen LogP contribution < -0.4 is 0 Å². The average molecular weight is 274 g/mol. The maximum absolute atomic E-state index is 5.79. The van der Waals surface area contributed by atoms with Crippen LogP contribution in [0.25, 0.3) is 0 Å². The van der Waals surface area contributed by atoms with Crippen molar-refractivity contribution in [2.24, 2.45) is 0 Å². The van der Waals surface area contributed by atoms with Gasteiger partial charge in [0.2, 0.25) is 0 Å². The molecular formula is C9H18BrClO2. The quantitative estimate of drug-likeness (QED) is 0.664. The van der Waals surface area contributed by atoms with Gasteiger partial charge in [0, 0.05) is 11.9 Å². The SMILES string of the molecule is CCOCC(C)OC(C)(CCl)CBr. The summed E-state index contributed by atoms with van der Waals surface area (Å²) < 4.78 is 11.0. The molecule has 0 rings (SSSR count). The summed E-state index contributed by atoms with van der Waals surface area (Å²) in [5.74, 6) is 0.481. The third kappa shape index (κ3) is 5.89. The van der Waals surface area contributed by atoms with Gasteiger partial charge in [-0.25, -0.2) is 0 Å². The van der Waals surface area contributed by atoms with E-state index in [1.165, 1.54) is 0 Å². The Bertz CT molecular complexity index is 129. The number of hydrogen-bond donors (Lipinski definition) is 0. The Morgan fingerprint density at radius 2 is 2.15 bits per heavy atom. The van der Waals surface area contributed by atoms with Crippen LogP contribution in [0.3, 0.4) is 0 Å². The Morgan fingerprint density at radius 1 is 1.54 bits per heavy atom. The lowest BCUT2D eigenvalue weighted by atomic mass is 10.2. The maximum atomic E-state index is 5.79. The molecule has 0 radical (unpaired) electrons. The van der Waals surface area contributed by atoms with E-state index in [9.17, 15) is 0 Å². The number of halogens is 2. The van der Waals surface area contributed by atoms with Gasteiger partial charge in [0.25, 0.3) is 0 Å². The molecule has 0 fully saturated rings. The Hall–Kier alpha value is 0.690. The van der Waals surface area contributed by atoms with Crippen LogP contribution >= 0.6 is 27.5 Å². The lowest BCUT2D eigenvalue weighted by Gasteiger charge is -2.29. The Balaban J connectivity index is 3.79. The lowest BCUT2D eigenvalue weighted by Crippen LogP contribution is -2.37. The van der Waals surface area contributed by atoms with Gasteiger partial charge in [0.05, 0.1) is 24.2 Å². The van der Waals surface area contributed by atoms with Gasteiger partial charge < -0.3 is 9.47 Å². The molecule has 2 atom stereocenters. The first-order valence-corrected chi connectivity index (χ1v) is 6.11. The van der Waals surface area contributed by atoms with Crippen molar-refractivity contribution in [2.75, 3.05) is 24.4 Å². The molecule has 0 saturated heterocycles. The molecule has 2 unspecified atom stereocenters. The summed E-state index contributed by atoms with van der Waals surface area (Å²) >= 11 is 9.17. The van der Waals surface area contributed by atoms with E-state index in [2.05, 4.69) is 15.9 Å². The molecule has 0 spiro atoms. The van der Waals surface area contributed by atoms with Gasteiger partial charge in [-0.2, -0.15) is 0 Å². The summed E-state index contributed by atoms with van der Waals surface area (Å²) in [5.41, 5.74) is -0.294. The molecule has 0 aromatic heterocycles. The van der Waals surface area contributed by atoms with Crippen molar-refractivity contribution in [2.45, 2.75) is 32.5 Å². The summed E-state index contributed by atoms with van der Waals surface area (Å²) in [7, 11) is 0. The van der Waals surface area contributed by atoms with E-state index >= 15 is 0 Å². The molecule has 2 nitrogen and oxygen atoms in total. The number of alkyl halides is 2. The molecule has 0 aliphatic carbocycles. The van der Waals surface area contributed by atoms with E-state index in [0.29, 0.717) is 12.5 Å². The van der Waals surface area contributed by atoms with E-state index in [-0.39, 0.29) is 11.7 Å². The van der Waals surface area contributed by atoms with Gasteiger partial charge in [-0.15, -0.1) is 11.6 Å². The zero-order valence-corrected chi connectivity index (χ0v) is 10.8. The first kappa shape index (κ1) is 13.7. The van der Waals surface area contributed by atoms with Crippen molar-refractivity contribution in [3.63, 3.8) is 0 Å². The summed E-state index contributed by atoms with van der Waals surface area (Å²) in [6.07, 6.45) is 0.0845. The monoisotopic (exact) mass is 272 g/mol. The van der Waals surface area contributed by atoms with Crippen LogP contribution in [0.1, 0.15) is 20.8 Å². The molecule has 0 aliphatic heterocycles. The molecule has 0 saturated carbocycles. The average Bonchev–Trinajstić information content (AvgIpc) is 2.14. The smallest absolute Gasteiger partial charge is 0.0890 e. The number of ether oxygens (including phenoxy) is 2. The molecule has 13 heavy (non-hydrogen) atoms. The third-order valence-corrected chi connectivity index (χ3v) is 3.36. The van der Waals surface area contributed by atoms with Crippen LogP contribution in [-0.4, -0.2) is 36.1 Å². The molecule has 0 N–H and O–H groups in total. The van der Waals surface area contributed by atoms with Gasteiger partial charge in [0.15, 0.2) is 0 Å². The molecule has 80 valence electrons. The Kier molecular flexibility index (Phi) is 7.42. The van der Waals surface area contributed by atoms with Crippen LogP contribution in [0.5, 0.6) is 0 Å². The second kappa shape index (κ2) is 7.04. The standard InChI is InChI=1S/C9H18BrClO2/c1-4-12-5-8(2)13-9(3,6-10)7-11/h8H,4-7H2,1-3H3. The highest BCUT2D eigenvalue weighted by Gasteiger charge is 2.25. The van der Waals surface area contributed by atoms with Crippen molar-refractivity contribution in [1.82, 2.24) is 0 Å². The minimum atomic E-state index is -0.294. The van der Waals surface area contributed by atoms with Crippen LogP contribution in [-0.2, 0) is 9.47 Å². The van der Waals surface area contributed by atoms with Crippen molar-refractivity contribution in [1.29, 1.82) is 0 Å². The van der Waals surface area contributed by atoms with Gasteiger partial charge in [-0.3, -0.25) is 0 Å². The predicted molar refractivity (Wildman–Crippen MR) is 60.0 cm³/mol. The maximum Gasteiger partial charge on any atom is 0.0890 e. The van der Waals surface area contributed by atoms with Crippen LogP contribution in [0.2, 0.25) is 0 Å². The van der Waals surface area contributed by atoms with Crippen molar-refractivity contribution < 1.29 is 9.47 Å². The first-order chi connectivity index (χ1) is 6.08. The van der Waals surface area contributed by atoms with Gasteiger partial charge >= 0.3 is 0 Å². The molecule has 0 aromatic rings. The zero-order valence-electron chi connectivity index (χ0n) is 8.48. The zero-order chi connectivity index (χ0) is 10.3. The fourth-order valence-corrected chi connectivity index (χ4v) is 1.62. The summed E-state index contributed by atoms with van der Waals surface area (Å²) in [6.45, 7) is 7.29. The molecule has 4 heteroatoms. The lowest BCUT2D eigenvalue weighted by molar-refractivity contribution is -0.0778. The molecular weight excluding hydrogens is 255 g/mol. The molecule has 0 amide bonds. The van der Waals surface area contributed by atoms with E-state index < -0.39 is 0 Å². The molecule has 0 heterocycles. The summed E-state index contributed by atoms with van der Waals surface area (Å²) in [4.78, 5) is 0. The minimum absolute atomic E-state index is 0.0845. The van der Waals surface area contributed by atoms with Gasteiger partial charge in [-0.1, -0.05) is 15.9 Å². The topological polar surface area (TPSA) is 18.5 Å². The second-order valence-corrected chi connectivity index (χ2v) is 4.13. The number of rotatable bonds is 7. The van der Waals surface area contributed by atoms with E-state index in [4.69, 9.17) is 21.1 Å². The van der Waals surface area contributed by atoms with E-state index in [1.807, 2.05) is 20.8 Å². The molecule has 0 aromatic carbocycles. The Labute approximate surface area is 94.1 Å². The first-order valence-electron chi connectivity index (χ1n) is 4.45. The number of hydrogen-bond acceptors (Lipinski definition) is 2. The highest BCUT2D eigenvalue weighted by molar-refractivity contribution is 9.09. The fourth-order valence-electron chi connectivity index (χ4n) is 0.902. The van der Waals surface area contributed by atoms with Gasteiger partial charge in [0.1, 0.15) is 0 Å². The second-order valence-electron chi connectivity index (χ2n) is 3.31.